The molecule has 0 aromatic carbocycles. The largest absolute Gasteiger partial charge is 0.394 e. The Bertz CT molecular complexity index is 3080. The van der Waals surface area contributed by atoms with Gasteiger partial charge < -0.3 is 163 Å². The molecule has 0 unspecified atom stereocenters. The molecule has 0 saturated carbocycles. The van der Waals surface area contributed by atoms with Gasteiger partial charge >= 0.3 is 0 Å². The van der Waals surface area contributed by atoms with Crippen molar-refractivity contribution in [2.24, 2.45) is 0 Å². The number of ether oxygens (including phenoxy) is 14. The van der Waals surface area contributed by atoms with E-state index in [2.05, 4.69) is 19.9 Å². The van der Waals surface area contributed by atoms with E-state index in [0.29, 0.717) is 22.8 Å². The molecule has 0 spiro atoms. The van der Waals surface area contributed by atoms with Gasteiger partial charge in [0.15, 0.2) is 44.0 Å². The maximum atomic E-state index is 12.4. The third-order valence-electron chi connectivity index (χ3n) is 19.7. The summed E-state index contributed by atoms with van der Waals surface area (Å²) in [6, 6.07) is 20.6. The third-order valence-corrected chi connectivity index (χ3v) is 19.7. The topological polar surface area (TPSA) is 572 Å². The fourth-order valence-corrected chi connectivity index (χ4v) is 14.2. The van der Waals surface area contributed by atoms with E-state index in [4.69, 9.17) is 66.3 Å². The van der Waals surface area contributed by atoms with Gasteiger partial charge in [-0.2, -0.15) is 0 Å². The SMILES string of the molecule is OC[C@H]1O[C@@H]2O[C@H]3[C@H](O)[C@@H](O)[C@@H](O[C@H]4[C@H](O)[C@@H](O)[C@@H](O[C@H]5[C@H](O)[C@@H](O)[C@@H](O[C@H]6[C@H](O)[C@@H](O)[C@@H](O[C@H]7[C@H](O)[C@H](O)[C@@H](O[C@H]8[C@H](O)[C@H](O)[C@@H](O[C@H]1[C@H](O)[C@@H]2O)O[C@@H]8CN(Cc1ccccn1)Cc1ccccn1)O[C@@H]7CO)O[C@@H]6CN(Cc1ccccn1)Cc1ccccn1)O[C@@H]5CO)O[C@@H]4CO)O[C@@H]3CO. The minimum atomic E-state index is -2.23. The number of pyridine rings is 4. The summed E-state index contributed by atoms with van der Waals surface area (Å²) in [5.74, 6) is 0. The first-order valence-corrected chi connectivity index (χ1v) is 34.4. The average molecular weight is 1500 g/mol. The quantitative estimate of drug-likeness (QED) is 0.0467. The van der Waals surface area contributed by atoms with E-state index in [-0.39, 0.29) is 39.3 Å². The smallest absolute Gasteiger partial charge is 0.187 e. The van der Waals surface area contributed by atoms with E-state index in [0.717, 1.165) is 0 Å². The van der Waals surface area contributed by atoms with Gasteiger partial charge in [-0.25, -0.2) is 0 Å². The lowest BCUT2D eigenvalue weighted by atomic mass is 9.94. The second-order valence-electron chi connectivity index (χ2n) is 26.9. The van der Waals surface area contributed by atoms with E-state index < -0.39 is 248 Å². The number of aromatic nitrogens is 4. The van der Waals surface area contributed by atoms with Gasteiger partial charge in [-0.05, 0) is 48.5 Å². The van der Waals surface area contributed by atoms with Crippen molar-refractivity contribution in [3.8, 4) is 0 Å². The first-order valence-electron chi connectivity index (χ1n) is 34.4. The number of hydrogen-bond acceptors (Lipinski definition) is 39. The molecule has 4 aromatic rings. The maximum Gasteiger partial charge on any atom is 0.187 e. The Balaban J connectivity index is 0.889. The van der Waals surface area contributed by atoms with Gasteiger partial charge in [-0.3, -0.25) is 29.7 Å². The molecule has 21 aliphatic heterocycles. The molecular weight excluding hydrogens is 1400 g/mol. The van der Waals surface area contributed by atoms with Crippen molar-refractivity contribution in [1.29, 1.82) is 0 Å². The second kappa shape index (κ2) is 35.9. The van der Waals surface area contributed by atoms with Crippen LogP contribution in [0.15, 0.2) is 97.6 Å². The van der Waals surface area contributed by atoms with Gasteiger partial charge in [0.2, 0.25) is 0 Å². The van der Waals surface area contributed by atoms with Crippen molar-refractivity contribution >= 4 is 0 Å². The molecule has 0 aliphatic carbocycles. The molecule has 21 aliphatic rings. The normalized spacial score (nSPS) is 43.7. The maximum absolute atomic E-state index is 12.4. The lowest BCUT2D eigenvalue weighted by Crippen LogP contribution is -2.68. The summed E-state index contributed by atoms with van der Waals surface area (Å²) in [4.78, 5) is 21.4. The molecule has 35 atom stereocenters. The lowest BCUT2D eigenvalue weighted by Gasteiger charge is -2.50. The Kier molecular flexibility index (Phi) is 27.3. The summed E-state index contributed by atoms with van der Waals surface area (Å²) in [6.45, 7) is -5.66. The molecule has 21 fully saturated rings. The van der Waals surface area contributed by atoms with Crippen molar-refractivity contribution in [1.82, 2.24) is 29.7 Å². The molecule has 39 heteroatoms. The number of aliphatic hydroxyl groups is 19. The van der Waals surface area contributed by atoms with Crippen molar-refractivity contribution < 1.29 is 163 Å². The average Bonchev–Trinajstić information content (AvgIpc) is 0.853. The van der Waals surface area contributed by atoms with Crippen molar-refractivity contribution in [3.05, 3.63) is 120 Å². The molecule has 4 aromatic heterocycles. The molecule has 0 amide bonds. The number of aliphatic hydroxyl groups excluding tert-OH is 19. The molecular formula is C66H92N6O33. The molecule has 19 N–H and O–H groups in total. The van der Waals surface area contributed by atoms with Crippen molar-refractivity contribution in [3.63, 3.8) is 0 Å². The summed E-state index contributed by atoms with van der Waals surface area (Å²) in [5, 5.41) is 221. The van der Waals surface area contributed by atoms with Crippen LogP contribution < -0.4 is 0 Å². The lowest BCUT2D eigenvalue weighted by molar-refractivity contribution is -0.396. The molecule has 39 nitrogen and oxygen atoms in total. The van der Waals surface area contributed by atoms with E-state index in [1.807, 2.05) is 0 Å². The summed E-state index contributed by atoms with van der Waals surface area (Å²) in [6.07, 6.45) is -64.1. The van der Waals surface area contributed by atoms with E-state index in [1.165, 1.54) is 0 Å². The Morgan fingerprint density at radius 1 is 0.229 bits per heavy atom. The first kappa shape index (κ1) is 79.7. The molecule has 0 radical (unpaired) electrons. The summed E-state index contributed by atoms with van der Waals surface area (Å²) < 4.78 is 85.4. The van der Waals surface area contributed by atoms with Crippen LogP contribution >= 0.6 is 0 Å². The third kappa shape index (κ3) is 17.8. The van der Waals surface area contributed by atoms with E-state index in [1.54, 1.807) is 107 Å². The molecule has 25 heterocycles. The van der Waals surface area contributed by atoms with Crippen molar-refractivity contribution in [2.75, 3.05) is 46.1 Å². The zero-order chi connectivity index (χ0) is 74.5. The van der Waals surface area contributed by atoms with Crippen LogP contribution in [0.25, 0.3) is 0 Å². The van der Waals surface area contributed by atoms with Crippen LogP contribution in [0, 0.1) is 0 Å². The molecule has 14 bridgehead atoms. The summed E-state index contributed by atoms with van der Waals surface area (Å²) in [7, 11) is 0. The minimum absolute atomic E-state index is 0.0513. The van der Waals surface area contributed by atoms with Gasteiger partial charge in [0, 0.05) is 64.1 Å². The second-order valence-corrected chi connectivity index (χ2v) is 26.9. The fraction of sp³-hybridized carbons (Fsp3) is 0.697. The fourth-order valence-electron chi connectivity index (χ4n) is 14.2. The van der Waals surface area contributed by atoms with Gasteiger partial charge in [-0.1, -0.05) is 24.3 Å². The van der Waals surface area contributed by atoms with Gasteiger partial charge in [0.1, 0.15) is 171 Å². The van der Waals surface area contributed by atoms with Gasteiger partial charge in [0.25, 0.3) is 0 Å². The predicted molar refractivity (Wildman–Crippen MR) is 339 cm³/mol. The minimum Gasteiger partial charge on any atom is -0.394 e. The zero-order valence-electron chi connectivity index (χ0n) is 56.1. The number of nitrogens with zero attached hydrogens (tertiary/aromatic N) is 6. The van der Waals surface area contributed by atoms with Crippen molar-refractivity contribution in [2.45, 2.75) is 241 Å². The van der Waals surface area contributed by atoms with Gasteiger partial charge in [0.05, 0.1) is 55.8 Å². The zero-order valence-corrected chi connectivity index (χ0v) is 56.1. The van der Waals surface area contributed by atoms with Crippen LogP contribution in [-0.4, -0.2) is 388 Å². The highest BCUT2D eigenvalue weighted by Crippen LogP contribution is 2.40. The van der Waals surface area contributed by atoms with E-state index >= 15 is 0 Å². The Hall–Kier alpha value is -4.80. The highest BCUT2D eigenvalue weighted by atomic mass is 16.8. The molecule has 584 valence electrons. The summed E-state index contributed by atoms with van der Waals surface area (Å²) >= 11 is 0. The van der Waals surface area contributed by atoms with Crippen LogP contribution in [0.5, 0.6) is 0 Å². The highest BCUT2D eigenvalue weighted by Gasteiger charge is 2.60. The standard InChI is InChI=1S/C66H92N6O33/c73-23-34-55-41(80)48(87)62(94-34)99-53-32(21-71(17-28-9-1-5-13-67-28)18-29-10-2-6-14-68-29)93-61(47(86)40(53)79)102-56-35(24-74)96-64(50(89)43(56)82)104-58-37(26-76)98-66(52(91)45(58)84)105-59-38(27-77)97-65(51(90)44(59)83)103-57-36(25-75)95-63(49(88)42(57)81)100-54-33(92-60(101-55)46(85)39(54)78)22-72(19-30-11-3-7-15-69-30)20-31-12-4-8-16-70-31/h1-16,32-66,73-91H,17-27H2/t32-,33-,34-,35-,36-,37-,38-,39-,40-,41-,42-,43-,44-,45-,46-,47+,48+,49-,50+,51-,52-,53-,54-,55-,56-,57-,58-,59-,60-,61-,62-,63-,64-,65-,66-/m1/s1. The predicted octanol–water partition coefficient (Wildman–Crippen LogP) is -10.2. The van der Waals surface area contributed by atoms with Gasteiger partial charge in [-0.15, -0.1) is 0 Å². The van der Waals surface area contributed by atoms with Crippen LogP contribution in [0.2, 0.25) is 0 Å². The van der Waals surface area contributed by atoms with Crippen LogP contribution in [0.1, 0.15) is 22.8 Å². The molecule has 21 saturated heterocycles. The number of hydrogen-bond donors (Lipinski definition) is 19. The Labute approximate surface area is 598 Å². The Morgan fingerprint density at radius 2 is 0.400 bits per heavy atom. The summed E-state index contributed by atoms with van der Waals surface area (Å²) in [5.41, 5.74) is 2.08. The monoisotopic (exact) mass is 1500 g/mol. The molecule has 105 heavy (non-hydrogen) atoms. The highest BCUT2D eigenvalue weighted by molar-refractivity contribution is 5.11. The Morgan fingerprint density at radius 3 is 0.562 bits per heavy atom. The van der Waals surface area contributed by atoms with E-state index in [9.17, 15) is 97.0 Å². The van der Waals surface area contributed by atoms with Crippen LogP contribution in [-0.2, 0) is 92.5 Å². The first-order chi connectivity index (χ1) is 50.6. The van der Waals surface area contributed by atoms with Crippen LogP contribution in [0.4, 0.5) is 0 Å². The van der Waals surface area contributed by atoms with Crippen LogP contribution in [0.3, 0.4) is 0 Å². The molecule has 25 rings (SSSR count). The number of rotatable bonds is 17.